The van der Waals surface area contributed by atoms with Gasteiger partial charge >= 0.3 is 0 Å². The summed E-state index contributed by atoms with van der Waals surface area (Å²) < 4.78 is 11.7. The zero-order valence-electron chi connectivity index (χ0n) is 19.9. The molecule has 0 unspecified atom stereocenters. The van der Waals surface area contributed by atoms with E-state index in [1.807, 2.05) is 13.8 Å². The van der Waals surface area contributed by atoms with E-state index in [1.165, 1.54) is 0 Å². The van der Waals surface area contributed by atoms with Crippen molar-refractivity contribution in [1.29, 1.82) is 10.8 Å². The van der Waals surface area contributed by atoms with Gasteiger partial charge in [-0.2, -0.15) is 0 Å². The monoisotopic (exact) mass is 514 g/mol. The maximum absolute atomic E-state index is 12.7. The standard InChI is InChI=1S/C24H34N4O4.2ClH/c1-15-17(19(25)31-23(15)9-5-3-6-10-23)21(29)27-13-14-28-22(30)18-16(2)24(32-20(18)26)11-7-4-8-12-24;;/h25-26H,3-14H2,1-2H3,(H,27,29)(H,28,30);2*1H. The van der Waals surface area contributed by atoms with E-state index in [0.29, 0.717) is 11.1 Å². The SMILES string of the molecule is CC1=C(C(=O)NCCNC(=O)C2=C(C)C3(CCCCC3)OC2=N)C(=N)OC12CCCCC2.Cl.Cl. The highest BCUT2D eigenvalue weighted by atomic mass is 35.5. The molecular formula is C24H36Cl2N4O4. The summed E-state index contributed by atoms with van der Waals surface area (Å²) in [7, 11) is 0. The molecule has 190 valence electrons. The Bertz CT molecular complexity index is 842. The molecule has 4 N–H and O–H groups in total. The van der Waals surface area contributed by atoms with Gasteiger partial charge in [-0.25, -0.2) is 0 Å². The molecule has 8 nitrogen and oxygen atoms in total. The number of amides is 2. The molecule has 2 fully saturated rings. The minimum absolute atomic E-state index is 0. The fourth-order valence-corrected chi connectivity index (χ4v) is 5.72. The van der Waals surface area contributed by atoms with Crippen LogP contribution < -0.4 is 10.6 Å². The first-order valence-electron chi connectivity index (χ1n) is 11.8. The Morgan fingerprint density at radius 3 is 1.35 bits per heavy atom. The lowest BCUT2D eigenvalue weighted by atomic mass is 9.79. The number of rotatable bonds is 5. The molecule has 34 heavy (non-hydrogen) atoms. The Hall–Kier alpha value is -2.06. The summed E-state index contributed by atoms with van der Waals surface area (Å²) in [5.41, 5.74) is 1.36. The van der Waals surface area contributed by atoms with Crippen LogP contribution in [0.1, 0.15) is 78.1 Å². The summed E-state index contributed by atoms with van der Waals surface area (Å²) in [6.07, 6.45) is 9.87. The van der Waals surface area contributed by atoms with E-state index < -0.39 is 11.2 Å². The fraction of sp³-hybridized carbons (Fsp3) is 0.667. The molecule has 2 aliphatic heterocycles. The number of ether oxygens (including phenoxy) is 2. The van der Waals surface area contributed by atoms with Crippen molar-refractivity contribution in [2.75, 3.05) is 13.1 Å². The number of hydrogen-bond donors (Lipinski definition) is 4. The van der Waals surface area contributed by atoms with Crippen LogP contribution in [0.5, 0.6) is 0 Å². The number of nitrogens with one attached hydrogen (secondary N) is 4. The lowest BCUT2D eigenvalue weighted by molar-refractivity contribution is -0.118. The molecule has 0 aromatic heterocycles. The Morgan fingerprint density at radius 2 is 1.03 bits per heavy atom. The lowest BCUT2D eigenvalue weighted by Crippen LogP contribution is -2.37. The van der Waals surface area contributed by atoms with Gasteiger partial charge in [-0.3, -0.25) is 20.4 Å². The van der Waals surface area contributed by atoms with Crippen LogP contribution in [0.15, 0.2) is 22.3 Å². The van der Waals surface area contributed by atoms with E-state index in [-0.39, 0.29) is 61.5 Å². The van der Waals surface area contributed by atoms with Gasteiger partial charge in [0, 0.05) is 13.1 Å². The third-order valence-electron chi connectivity index (χ3n) is 7.64. The van der Waals surface area contributed by atoms with Gasteiger partial charge in [0.05, 0.1) is 0 Å². The van der Waals surface area contributed by atoms with E-state index in [1.54, 1.807) is 0 Å². The zero-order chi connectivity index (χ0) is 22.9. The number of carbonyl (C=O) groups excluding carboxylic acids is 2. The van der Waals surface area contributed by atoms with Crippen molar-refractivity contribution in [1.82, 2.24) is 10.6 Å². The minimum Gasteiger partial charge on any atom is -0.466 e. The highest BCUT2D eigenvalue weighted by molar-refractivity contribution is 6.20. The predicted molar refractivity (Wildman–Crippen MR) is 135 cm³/mol. The molecule has 0 aromatic carbocycles. The first-order valence-corrected chi connectivity index (χ1v) is 11.8. The molecule has 2 spiro atoms. The van der Waals surface area contributed by atoms with Crippen molar-refractivity contribution in [3.8, 4) is 0 Å². The third kappa shape index (κ3) is 4.98. The van der Waals surface area contributed by atoms with E-state index in [9.17, 15) is 9.59 Å². The highest BCUT2D eigenvalue weighted by Gasteiger charge is 2.47. The number of hydrogen-bond acceptors (Lipinski definition) is 6. The van der Waals surface area contributed by atoms with Gasteiger partial charge in [0.1, 0.15) is 22.3 Å². The zero-order valence-corrected chi connectivity index (χ0v) is 21.6. The molecule has 0 radical (unpaired) electrons. The summed E-state index contributed by atoms with van der Waals surface area (Å²) in [6, 6.07) is 0. The Morgan fingerprint density at radius 1 is 0.706 bits per heavy atom. The van der Waals surface area contributed by atoms with Crippen LogP contribution in [0.4, 0.5) is 0 Å². The van der Waals surface area contributed by atoms with Gasteiger partial charge in [0.2, 0.25) is 11.8 Å². The normalized spacial score (nSPS) is 22.6. The van der Waals surface area contributed by atoms with Crippen LogP contribution in [0.3, 0.4) is 0 Å². The third-order valence-corrected chi connectivity index (χ3v) is 7.64. The largest absolute Gasteiger partial charge is 0.466 e. The molecule has 0 bridgehead atoms. The van der Waals surface area contributed by atoms with Gasteiger partial charge in [-0.1, -0.05) is 12.8 Å². The molecule has 0 atom stereocenters. The Labute approximate surface area is 213 Å². The predicted octanol–water partition coefficient (Wildman–Crippen LogP) is 4.12. The molecular weight excluding hydrogens is 479 g/mol. The summed E-state index contributed by atoms with van der Waals surface area (Å²) in [5, 5.41) is 21.9. The van der Waals surface area contributed by atoms with Crippen molar-refractivity contribution in [3.05, 3.63) is 22.3 Å². The van der Waals surface area contributed by atoms with Crippen LogP contribution in [0.25, 0.3) is 0 Å². The van der Waals surface area contributed by atoms with E-state index >= 15 is 0 Å². The van der Waals surface area contributed by atoms with E-state index in [0.717, 1.165) is 75.4 Å². The second-order valence-electron chi connectivity index (χ2n) is 9.48. The highest BCUT2D eigenvalue weighted by Crippen LogP contribution is 2.44. The van der Waals surface area contributed by atoms with Gasteiger partial charge in [-0.15, -0.1) is 24.8 Å². The maximum atomic E-state index is 12.7. The maximum Gasteiger partial charge on any atom is 0.256 e. The van der Waals surface area contributed by atoms with Crippen LogP contribution in [0, 0.1) is 10.8 Å². The topological polar surface area (TPSA) is 124 Å². The Kier molecular flexibility index (Phi) is 9.22. The second kappa shape index (κ2) is 11.1. The van der Waals surface area contributed by atoms with Gasteiger partial charge < -0.3 is 20.1 Å². The molecule has 2 aliphatic carbocycles. The van der Waals surface area contributed by atoms with Crippen LogP contribution in [0.2, 0.25) is 0 Å². The molecule has 4 rings (SSSR count). The van der Waals surface area contributed by atoms with E-state index in [4.69, 9.17) is 20.3 Å². The summed E-state index contributed by atoms with van der Waals surface area (Å²) in [5.74, 6) is -0.780. The quantitative estimate of drug-likeness (QED) is 0.411. The van der Waals surface area contributed by atoms with Crippen LogP contribution >= 0.6 is 24.8 Å². The van der Waals surface area contributed by atoms with Gasteiger partial charge in [-0.05, 0) is 76.4 Å². The molecule has 4 aliphatic rings. The average Bonchev–Trinajstić information content (AvgIpc) is 3.15. The lowest BCUT2D eigenvalue weighted by Gasteiger charge is -2.33. The van der Waals surface area contributed by atoms with Crippen LogP contribution in [-0.4, -0.2) is 47.9 Å². The molecule has 0 saturated heterocycles. The minimum atomic E-state index is -0.488. The van der Waals surface area contributed by atoms with Crippen molar-refractivity contribution < 1.29 is 19.1 Å². The first kappa shape index (κ1) is 28.2. The van der Waals surface area contributed by atoms with E-state index in [2.05, 4.69) is 10.6 Å². The summed E-state index contributed by atoms with van der Waals surface area (Å²) in [4.78, 5) is 25.5. The Balaban J connectivity index is 0.00000204. The molecule has 0 aromatic rings. The smallest absolute Gasteiger partial charge is 0.256 e. The number of halogens is 2. The van der Waals surface area contributed by atoms with Gasteiger partial charge in [0.25, 0.3) is 11.8 Å². The molecule has 2 amide bonds. The van der Waals surface area contributed by atoms with Crippen molar-refractivity contribution >= 4 is 48.4 Å². The molecule has 2 heterocycles. The van der Waals surface area contributed by atoms with Crippen molar-refractivity contribution in [2.45, 2.75) is 89.3 Å². The van der Waals surface area contributed by atoms with Crippen LogP contribution in [-0.2, 0) is 19.1 Å². The van der Waals surface area contributed by atoms with Gasteiger partial charge in [0.15, 0.2) is 0 Å². The summed E-state index contributed by atoms with van der Waals surface area (Å²) in [6.45, 7) is 4.25. The average molecular weight is 515 g/mol. The fourth-order valence-electron chi connectivity index (χ4n) is 5.72. The first-order chi connectivity index (χ1) is 15.3. The summed E-state index contributed by atoms with van der Waals surface area (Å²) >= 11 is 0. The van der Waals surface area contributed by atoms with Crippen molar-refractivity contribution in [2.24, 2.45) is 0 Å². The van der Waals surface area contributed by atoms with Crippen molar-refractivity contribution in [3.63, 3.8) is 0 Å². The molecule has 10 heteroatoms. The second-order valence-corrected chi connectivity index (χ2v) is 9.48. The number of carbonyl (C=O) groups is 2. The molecule has 2 saturated carbocycles.